The summed E-state index contributed by atoms with van der Waals surface area (Å²) in [5, 5.41) is 23.4. The molecule has 9 aliphatic rings. The van der Waals surface area contributed by atoms with Gasteiger partial charge in [-0.05, 0) is 193 Å². The summed E-state index contributed by atoms with van der Waals surface area (Å²) in [7, 11) is 0. The van der Waals surface area contributed by atoms with Crippen LogP contribution in [-0.4, -0.2) is 140 Å². The summed E-state index contributed by atoms with van der Waals surface area (Å²) < 4.78 is 8.69. The van der Waals surface area contributed by atoms with E-state index in [0.29, 0.717) is 70.1 Å². The van der Waals surface area contributed by atoms with Gasteiger partial charge in [0.15, 0.2) is 0 Å². The first-order chi connectivity index (χ1) is 50.2. The summed E-state index contributed by atoms with van der Waals surface area (Å²) in [6.07, 6.45) is 52.8. The van der Waals surface area contributed by atoms with E-state index in [1.807, 2.05) is 0 Å². The molecule has 0 radical (unpaired) electrons. The Hall–Kier alpha value is -6.36. The maximum Gasteiger partial charge on any atom is 0.425 e. The monoisotopic (exact) mass is 1420 g/mol. The van der Waals surface area contributed by atoms with Crippen molar-refractivity contribution in [3.8, 4) is 0 Å². The minimum Gasteiger partial charge on any atom is -0.375 e. The quantitative estimate of drug-likeness (QED) is 0.0286. The molecule has 1 heterocycles. The van der Waals surface area contributed by atoms with Crippen LogP contribution in [0.1, 0.15) is 347 Å². The SMILES string of the molecule is O=C(NCCCCCC/N=c1\oc(=O)n(CCCCCCNC(=O)N(/C(=N/C2CCCCC2)ON=C2CCCC2)C2CCCCC2)c(=O)n1CCCCCCNC(=O)N(/C(=N/C1CCCCC1)ON=C1CCCC1)C1CCCCC1)N(/C(=N/C1CCCCC1)ON=C1CCCC1)C1CCCCC1. The normalized spacial score (nSPS) is 20.9. The third-order valence-corrected chi connectivity index (χ3v) is 22.9. The van der Waals surface area contributed by atoms with E-state index in [1.54, 1.807) is 14.7 Å². The number of nitrogens with zero attached hydrogens (tertiary/aromatic N) is 12. The molecule has 3 N–H and O–H groups in total. The number of aliphatic imine (C=N–C) groups is 3. The van der Waals surface area contributed by atoms with E-state index >= 15 is 0 Å². The van der Waals surface area contributed by atoms with Crippen molar-refractivity contribution >= 4 is 53.3 Å². The minimum atomic E-state index is -0.723. The van der Waals surface area contributed by atoms with Gasteiger partial charge in [0, 0.05) is 57.4 Å². The number of nitrogens with one attached hydrogen (secondary N) is 3. The molecule has 0 saturated heterocycles. The van der Waals surface area contributed by atoms with Crippen LogP contribution < -0.4 is 33.1 Å². The zero-order valence-electron chi connectivity index (χ0n) is 62.4. The van der Waals surface area contributed by atoms with Gasteiger partial charge in [0.25, 0.3) is 0 Å². The first-order valence-corrected chi connectivity index (χ1v) is 41.7. The molecule has 570 valence electrons. The lowest BCUT2D eigenvalue weighted by Gasteiger charge is -2.34. The topological polar surface area (TPSA) is 268 Å². The Morgan fingerprint density at radius 2 is 0.657 bits per heavy atom. The number of rotatable bonds is 30. The van der Waals surface area contributed by atoms with E-state index < -0.39 is 11.4 Å². The molecule has 0 aliphatic heterocycles. The van der Waals surface area contributed by atoms with Crippen LogP contribution in [0.4, 0.5) is 14.4 Å². The Kier molecular flexibility index (Phi) is 34.1. The number of oxime groups is 3. The van der Waals surface area contributed by atoms with Crippen molar-refractivity contribution in [3.63, 3.8) is 0 Å². The second kappa shape index (κ2) is 44.4. The van der Waals surface area contributed by atoms with Crippen molar-refractivity contribution in [1.82, 2.24) is 39.8 Å². The largest absolute Gasteiger partial charge is 0.425 e. The average molecular weight is 1420 g/mol. The predicted octanol–water partition coefficient (Wildman–Crippen LogP) is 16.1. The number of amidine groups is 3. The van der Waals surface area contributed by atoms with Crippen LogP contribution in [0.5, 0.6) is 0 Å². The fraction of sp³-hybridized carbons (Fsp3) is 0.846. The van der Waals surface area contributed by atoms with Gasteiger partial charge in [0.2, 0.25) is 0 Å². The Balaban J connectivity index is 0.741. The summed E-state index contributed by atoms with van der Waals surface area (Å²) in [6.45, 7) is 2.33. The smallest absolute Gasteiger partial charge is 0.375 e. The van der Waals surface area contributed by atoms with Crippen LogP contribution in [0, 0.1) is 0 Å². The van der Waals surface area contributed by atoms with Crippen molar-refractivity contribution in [2.45, 2.75) is 396 Å². The molecule has 1 aromatic rings. The number of carbonyl (C=O) groups is 3. The molecular weight excluding hydrogens is 1290 g/mol. The molecule has 0 bridgehead atoms. The molecule has 24 heteroatoms. The van der Waals surface area contributed by atoms with E-state index in [9.17, 15) is 24.0 Å². The van der Waals surface area contributed by atoms with Gasteiger partial charge in [-0.15, -0.1) is 0 Å². The van der Waals surface area contributed by atoms with Crippen molar-refractivity contribution < 1.29 is 33.3 Å². The molecule has 6 amide bonds. The van der Waals surface area contributed by atoms with E-state index in [-0.39, 0.29) is 66.6 Å². The number of amides is 6. The molecular formula is C78H129N15O9. The maximum absolute atomic E-state index is 14.5. The number of aromatic nitrogens is 2. The minimum absolute atomic E-state index is 0.00115. The van der Waals surface area contributed by atoms with E-state index in [4.69, 9.17) is 38.9 Å². The van der Waals surface area contributed by atoms with Gasteiger partial charge in [0.05, 0.1) is 35.3 Å². The Morgan fingerprint density at radius 1 is 0.363 bits per heavy atom. The first-order valence-electron chi connectivity index (χ1n) is 41.7. The molecule has 0 aromatic carbocycles. The molecule has 0 spiro atoms. The highest BCUT2D eigenvalue weighted by Crippen LogP contribution is 2.31. The molecule has 0 unspecified atom stereocenters. The number of hydrogen-bond donors (Lipinski definition) is 3. The highest BCUT2D eigenvalue weighted by molar-refractivity contribution is 5.96. The van der Waals surface area contributed by atoms with Crippen molar-refractivity contribution in [1.29, 1.82) is 0 Å². The molecule has 1 aromatic heterocycles. The highest BCUT2D eigenvalue weighted by atomic mass is 16.7. The van der Waals surface area contributed by atoms with Gasteiger partial charge in [0.1, 0.15) is 0 Å². The summed E-state index contributed by atoms with van der Waals surface area (Å²) in [5.41, 5.74) is 2.72. The van der Waals surface area contributed by atoms with Gasteiger partial charge < -0.3 is 34.9 Å². The van der Waals surface area contributed by atoms with Gasteiger partial charge >= 0.3 is 53.3 Å². The van der Waals surface area contributed by atoms with Crippen LogP contribution in [0.25, 0.3) is 0 Å². The van der Waals surface area contributed by atoms with Gasteiger partial charge in [-0.25, -0.2) is 67.8 Å². The van der Waals surface area contributed by atoms with E-state index in [0.717, 1.165) is 319 Å². The third-order valence-electron chi connectivity index (χ3n) is 22.9. The van der Waals surface area contributed by atoms with Crippen LogP contribution in [0.3, 0.4) is 0 Å². The molecule has 9 fully saturated rings. The molecule has 9 saturated carbocycles. The fourth-order valence-electron chi connectivity index (χ4n) is 16.8. The lowest BCUT2D eigenvalue weighted by Crippen LogP contribution is -2.51. The Labute approximate surface area is 608 Å². The fourth-order valence-corrected chi connectivity index (χ4v) is 16.8. The Bertz CT molecular complexity index is 3070. The van der Waals surface area contributed by atoms with Gasteiger partial charge in [-0.3, -0.25) is 0 Å². The third kappa shape index (κ3) is 25.8. The maximum atomic E-state index is 14.5. The molecule has 10 rings (SSSR count). The number of unbranched alkanes of at least 4 members (excludes halogenated alkanes) is 9. The first kappa shape index (κ1) is 78.2. The summed E-state index contributed by atoms with van der Waals surface area (Å²) in [6, 6.07) is 0.888. The van der Waals surface area contributed by atoms with Gasteiger partial charge in [-0.1, -0.05) is 170 Å². The number of urea groups is 3. The number of carbonyl (C=O) groups excluding carboxylic acids is 3. The zero-order valence-corrected chi connectivity index (χ0v) is 62.4. The van der Waals surface area contributed by atoms with Crippen molar-refractivity contribution in [2.75, 3.05) is 26.2 Å². The molecule has 9 aliphatic carbocycles. The lowest BCUT2D eigenvalue weighted by molar-refractivity contribution is 0.164. The molecule has 102 heavy (non-hydrogen) atoms. The average Bonchev–Trinajstić information content (AvgIpc) is 0.962. The second-order valence-corrected chi connectivity index (χ2v) is 31.0. The number of hydrogen-bond acceptors (Lipinski definition) is 16. The summed E-state index contributed by atoms with van der Waals surface area (Å²) in [4.78, 5) is 115. The van der Waals surface area contributed by atoms with E-state index in [2.05, 4.69) is 31.4 Å². The van der Waals surface area contributed by atoms with Crippen molar-refractivity contribution in [2.24, 2.45) is 35.4 Å². The van der Waals surface area contributed by atoms with Gasteiger partial charge in [-0.2, -0.15) is 0 Å². The van der Waals surface area contributed by atoms with Crippen LogP contribution in [-0.2, 0) is 27.6 Å². The van der Waals surface area contributed by atoms with Crippen molar-refractivity contribution in [3.05, 3.63) is 26.7 Å². The standard InChI is InChI=1S/C78H129N15O9/c94-70(91(67-49-19-10-20-50-67)74(83-61-37-13-7-14-38-61)100-86-64-43-25-26-44-64)79-55-31-1-2-34-58-82-73-89(59-35-5-3-32-56-80-71(95)92(68-51-21-11-22-52-68)75(84-62-39-15-8-16-40-62)101-87-65-45-27-28-46-65)77(97)90(78(98)99-73)60-36-6-4-33-57-81-72(96)93(69-53-23-12-24-54-69)76(85-63-41-17-9-18-42-63)102-88-66-47-29-30-48-66/h61-63,67-69H,1-60H2,(H,79,94)(H,80,95)(H,81,96)/b82-73-,83-74-,84-75-,85-76-. The lowest BCUT2D eigenvalue weighted by atomic mass is 9.94. The molecule has 24 nitrogen and oxygen atoms in total. The summed E-state index contributed by atoms with van der Waals surface area (Å²) in [5.74, 6) is -0.723. The summed E-state index contributed by atoms with van der Waals surface area (Å²) >= 11 is 0. The zero-order chi connectivity index (χ0) is 70.6. The predicted molar refractivity (Wildman–Crippen MR) is 403 cm³/mol. The molecule has 0 atom stereocenters. The van der Waals surface area contributed by atoms with Crippen LogP contribution >= 0.6 is 0 Å². The van der Waals surface area contributed by atoms with Crippen LogP contribution in [0.15, 0.2) is 49.4 Å². The van der Waals surface area contributed by atoms with E-state index in [1.165, 1.54) is 34.8 Å². The highest BCUT2D eigenvalue weighted by Gasteiger charge is 2.36. The van der Waals surface area contributed by atoms with Crippen LogP contribution in [0.2, 0.25) is 0 Å². The Morgan fingerprint density at radius 3 is 0.990 bits per heavy atom. The second-order valence-electron chi connectivity index (χ2n) is 31.0.